The van der Waals surface area contributed by atoms with Gasteiger partial charge in [-0.15, -0.1) is 0 Å². The number of rotatable bonds is 2. The van der Waals surface area contributed by atoms with Crippen LogP contribution in [-0.4, -0.2) is 17.2 Å². The van der Waals surface area contributed by atoms with Gasteiger partial charge in [0.05, 0.1) is 0 Å². The van der Waals surface area contributed by atoms with Crippen molar-refractivity contribution in [3.63, 3.8) is 0 Å². The number of hydrogen-bond donors (Lipinski definition) is 2. The van der Waals surface area contributed by atoms with Crippen molar-refractivity contribution in [2.24, 2.45) is 0 Å². The van der Waals surface area contributed by atoms with Gasteiger partial charge in [0.1, 0.15) is 0 Å². The quantitative estimate of drug-likeness (QED) is 0.172. The van der Waals surface area contributed by atoms with E-state index in [0.29, 0.717) is 5.46 Å². The van der Waals surface area contributed by atoms with Crippen LogP contribution in [0.3, 0.4) is 0 Å². The lowest BCUT2D eigenvalue weighted by Crippen LogP contribution is -2.30. The molecule has 0 spiro atoms. The lowest BCUT2D eigenvalue weighted by molar-refractivity contribution is 0.426. The zero-order valence-electron chi connectivity index (χ0n) is 22.9. The molecule has 8 heteroatoms. The Labute approximate surface area is 282 Å². The van der Waals surface area contributed by atoms with Gasteiger partial charge in [-0.3, -0.25) is 0 Å². The van der Waals surface area contributed by atoms with Gasteiger partial charge in [-0.2, -0.15) is 0 Å². The number of fused-ring (bicyclic) bond motifs is 2. The Morgan fingerprint density at radius 1 is 0.524 bits per heavy atom. The largest absolute Gasteiger partial charge is 0.489 e. The smallest absolute Gasteiger partial charge is 0.423 e. The molecule has 0 aliphatic heterocycles. The Morgan fingerprint density at radius 2 is 0.976 bits per heavy atom. The summed E-state index contributed by atoms with van der Waals surface area (Å²) in [5, 5.41) is 24.0. The van der Waals surface area contributed by atoms with Crippen LogP contribution < -0.4 is 5.46 Å². The van der Waals surface area contributed by atoms with E-state index in [0.717, 1.165) is 39.8 Å². The fourth-order valence-electron chi connectivity index (χ4n) is 4.18. The van der Waals surface area contributed by atoms with Crippen molar-refractivity contribution in [3.05, 3.63) is 145 Å². The van der Waals surface area contributed by atoms with Crippen LogP contribution in [0.2, 0.25) is 10.0 Å². The number of benzene rings is 6. The summed E-state index contributed by atoms with van der Waals surface area (Å²) in [7, 11) is -1.40. The van der Waals surface area contributed by atoms with E-state index in [9.17, 15) is 0 Å². The summed E-state index contributed by atoms with van der Waals surface area (Å²) < 4.78 is 2.97. The highest BCUT2D eigenvalue weighted by Crippen LogP contribution is 2.32. The Balaban J connectivity index is 0.000000178. The predicted molar refractivity (Wildman–Crippen MR) is 194 cm³/mol. The Hall–Kier alpha value is -2.16. The third-order valence-corrected chi connectivity index (χ3v) is 7.70. The van der Waals surface area contributed by atoms with Gasteiger partial charge in [-0.05, 0) is 74.5 Å². The molecular formula is C34H28BBr3Cl2O2. The molecule has 2 nitrogen and oxygen atoms in total. The highest BCUT2D eigenvalue weighted by atomic mass is 79.9. The summed E-state index contributed by atoms with van der Waals surface area (Å²) >= 11 is 21.9. The van der Waals surface area contributed by atoms with Crippen molar-refractivity contribution in [1.82, 2.24) is 0 Å². The van der Waals surface area contributed by atoms with E-state index in [4.69, 9.17) is 33.2 Å². The van der Waals surface area contributed by atoms with Gasteiger partial charge < -0.3 is 10.0 Å². The minimum Gasteiger partial charge on any atom is -0.423 e. The van der Waals surface area contributed by atoms with E-state index in [2.05, 4.69) is 96.3 Å². The fraction of sp³-hybridized carbons (Fsp3) is 0.0588. The summed E-state index contributed by atoms with van der Waals surface area (Å²) in [6.07, 6.45) is 0. The molecule has 0 heterocycles. The highest BCUT2D eigenvalue weighted by molar-refractivity contribution is 9.11. The minimum atomic E-state index is -1.40. The van der Waals surface area contributed by atoms with Gasteiger partial charge in [0.15, 0.2) is 0 Å². The average molecular weight is 790 g/mol. The topological polar surface area (TPSA) is 40.5 Å². The van der Waals surface area contributed by atoms with Crippen molar-refractivity contribution in [1.29, 1.82) is 0 Å². The maximum Gasteiger partial charge on any atom is 0.489 e. The standard InChI is InChI=1S/C16H10BrCl.C10H9BO2.C6H3Br2Cl.C2H6/c17-13-8-12(9-14(18)10-13)16-7-3-5-11-4-1-2-6-15(11)16;12-11(13)10-7-3-5-8-4-1-2-6-9(8)10;7-4-1-5(8)3-6(9)2-4;1-2/h1-10H;1-7,12-13H;1-3H;1-2H3. The van der Waals surface area contributed by atoms with Crippen molar-refractivity contribution in [3.8, 4) is 11.1 Å². The molecule has 0 atom stereocenters. The van der Waals surface area contributed by atoms with Crippen LogP contribution in [0.5, 0.6) is 0 Å². The first-order valence-corrected chi connectivity index (χ1v) is 16.2. The zero-order chi connectivity index (χ0) is 30.6. The molecule has 6 aromatic rings. The summed E-state index contributed by atoms with van der Waals surface area (Å²) in [6.45, 7) is 4.00. The molecule has 0 aromatic heterocycles. The highest BCUT2D eigenvalue weighted by Gasteiger charge is 2.13. The Kier molecular flexibility index (Phi) is 14.1. The van der Waals surface area contributed by atoms with Gasteiger partial charge in [-0.1, -0.05) is 170 Å². The van der Waals surface area contributed by atoms with Gasteiger partial charge >= 0.3 is 7.12 Å². The van der Waals surface area contributed by atoms with E-state index >= 15 is 0 Å². The molecule has 0 unspecified atom stereocenters. The van der Waals surface area contributed by atoms with Gasteiger partial charge in [0.25, 0.3) is 0 Å². The van der Waals surface area contributed by atoms with Crippen molar-refractivity contribution in [2.45, 2.75) is 13.8 Å². The Morgan fingerprint density at radius 3 is 1.52 bits per heavy atom. The first-order valence-electron chi connectivity index (χ1n) is 13.1. The molecule has 0 aliphatic rings. The van der Waals surface area contributed by atoms with Crippen LogP contribution >= 0.6 is 71.0 Å². The van der Waals surface area contributed by atoms with Crippen molar-refractivity contribution < 1.29 is 10.0 Å². The van der Waals surface area contributed by atoms with Crippen LogP contribution in [-0.2, 0) is 0 Å². The molecule has 0 saturated heterocycles. The molecule has 214 valence electrons. The molecule has 6 rings (SSSR count). The fourth-order valence-corrected chi connectivity index (χ4v) is 6.83. The van der Waals surface area contributed by atoms with Crippen LogP contribution in [0.4, 0.5) is 0 Å². The van der Waals surface area contributed by atoms with Crippen molar-refractivity contribution in [2.75, 3.05) is 0 Å². The van der Waals surface area contributed by atoms with Gasteiger partial charge in [0.2, 0.25) is 0 Å². The summed E-state index contributed by atoms with van der Waals surface area (Å²) in [5.41, 5.74) is 2.89. The second-order valence-electron chi connectivity index (χ2n) is 8.71. The zero-order valence-corrected chi connectivity index (χ0v) is 29.2. The molecule has 0 amide bonds. The minimum absolute atomic E-state index is 0.554. The molecular weight excluding hydrogens is 762 g/mol. The molecule has 42 heavy (non-hydrogen) atoms. The molecule has 0 aliphatic carbocycles. The van der Waals surface area contributed by atoms with Gasteiger partial charge in [0, 0.05) is 23.5 Å². The summed E-state index contributed by atoms with van der Waals surface area (Å²) in [5.74, 6) is 0. The SMILES string of the molecule is CC.Clc1cc(Br)cc(-c2cccc3ccccc23)c1.Clc1cc(Br)cc(Br)c1.OB(O)c1cccc2ccccc12. The summed E-state index contributed by atoms with van der Waals surface area (Å²) in [6, 6.07) is 39.4. The van der Waals surface area contributed by atoms with E-state index in [1.54, 1.807) is 6.07 Å². The monoisotopic (exact) mass is 786 g/mol. The molecule has 0 bridgehead atoms. The average Bonchev–Trinajstić information content (AvgIpc) is 2.97. The Bertz CT molecular complexity index is 1680. The van der Waals surface area contributed by atoms with E-state index < -0.39 is 7.12 Å². The van der Waals surface area contributed by atoms with Gasteiger partial charge in [-0.25, -0.2) is 0 Å². The van der Waals surface area contributed by atoms with E-state index in [1.807, 2.05) is 80.6 Å². The second-order valence-corrected chi connectivity index (χ2v) is 12.3. The number of hydrogen-bond acceptors (Lipinski definition) is 2. The lowest BCUT2D eigenvalue weighted by atomic mass is 9.77. The maximum atomic E-state index is 9.08. The van der Waals surface area contributed by atoms with Crippen LogP contribution in [0.1, 0.15) is 13.8 Å². The van der Waals surface area contributed by atoms with Crippen LogP contribution in [0, 0.1) is 0 Å². The van der Waals surface area contributed by atoms with Crippen molar-refractivity contribution >= 4 is 105 Å². The third kappa shape index (κ3) is 9.95. The van der Waals surface area contributed by atoms with E-state index in [1.165, 1.54) is 16.3 Å². The third-order valence-electron chi connectivity index (χ3n) is 5.89. The lowest BCUT2D eigenvalue weighted by Gasteiger charge is -2.08. The van der Waals surface area contributed by atoms with Crippen LogP contribution in [0.15, 0.2) is 135 Å². The molecule has 0 fully saturated rings. The molecule has 0 radical (unpaired) electrons. The molecule has 2 N–H and O–H groups in total. The van der Waals surface area contributed by atoms with E-state index in [-0.39, 0.29) is 0 Å². The maximum absolute atomic E-state index is 9.08. The summed E-state index contributed by atoms with van der Waals surface area (Å²) in [4.78, 5) is 0. The van der Waals surface area contributed by atoms with Crippen LogP contribution in [0.25, 0.3) is 32.7 Å². The normalized spacial score (nSPS) is 10.0. The molecule has 6 aromatic carbocycles. The first kappa shape index (κ1) is 34.3. The number of halogens is 5. The predicted octanol–water partition coefficient (Wildman–Crippen LogP) is 11.3. The molecule has 0 saturated carbocycles. The first-order chi connectivity index (χ1) is 20.2. The second kappa shape index (κ2) is 17.2.